The van der Waals surface area contributed by atoms with Gasteiger partial charge in [0.15, 0.2) is 17.4 Å². The van der Waals surface area contributed by atoms with Crippen molar-refractivity contribution in [2.45, 2.75) is 19.1 Å². The first-order chi connectivity index (χ1) is 16.8. The molecule has 2 unspecified atom stereocenters. The minimum absolute atomic E-state index is 0.0182. The highest BCUT2D eigenvalue weighted by molar-refractivity contribution is 5.70. The van der Waals surface area contributed by atoms with E-state index in [2.05, 4.69) is 5.32 Å². The molecule has 4 aromatic carbocycles. The predicted molar refractivity (Wildman–Crippen MR) is 128 cm³/mol. The Morgan fingerprint density at radius 3 is 2.14 bits per heavy atom. The third-order valence-corrected chi connectivity index (χ3v) is 5.70. The summed E-state index contributed by atoms with van der Waals surface area (Å²) in [6.45, 7) is 1.75. The predicted octanol–water partition coefficient (Wildman–Crippen LogP) is 5.19. The Morgan fingerprint density at radius 2 is 1.49 bits per heavy atom. The molecule has 8 heteroatoms. The summed E-state index contributed by atoms with van der Waals surface area (Å²) in [4.78, 5) is 23.6. The first-order valence-electron chi connectivity index (χ1n) is 10.8. The van der Waals surface area contributed by atoms with E-state index < -0.39 is 34.7 Å². The van der Waals surface area contributed by atoms with Crippen molar-refractivity contribution >= 4 is 11.4 Å². The Labute approximate surface area is 200 Å². The van der Waals surface area contributed by atoms with Gasteiger partial charge in [0.25, 0.3) is 10.9 Å². The summed E-state index contributed by atoms with van der Waals surface area (Å²) < 4.78 is 43.8. The molecule has 4 aromatic rings. The van der Waals surface area contributed by atoms with Crippen molar-refractivity contribution in [1.82, 2.24) is 0 Å². The smallest absolute Gasteiger partial charge is 0.272 e. The van der Waals surface area contributed by atoms with Crippen LogP contribution in [0.5, 0.6) is 11.5 Å². The zero-order valence-electron chi connectivity index (χ0n) is 19.3. The monoisotopic (exact) mass is 479 g/mol. The molecule has 0 bridgehead atoms. The third kappa shape index (κ3) is 4.93. The molecule has 4 rings (SSSR count). The molecule has 180 valence electrons. The number of rotatable bonds is 9. The van der Waals surface area contributed by atoms with Crippen LogP contribution in [0.15, 0.2) is 76.3 Å². The van der Waals surface area contributed by atoms with Crippen LogP contribution in [0.25, 0.3) is 0 Å². The second kappa shape index (κ2) is 10.1. The summed E-state index contributed by atoms with van der Waals surface area (Å²) in [6, 6.07) is 18.1. The van der Waals surface area contributed by atoms with Gasteiger partial charge in [-0.2, -0.15) is 0 Å². The van der Waals surface area contributed by atoms with Crippen LogP contribution in [0, 0.1) is 11.6 Å². The van der Waals surface area contributed by atoms with Crippen molar-refractivity contribution in [3.8, 4) is 11.5 Å². The van der Waals surface area contributed by atoms with Crippen LogP contribution in [0.4, 0.5) is 20.2 Å². The summed E-state index contributed by atoms with van der Waals surface area (Å²) >= 11 is 0. The molecule has 0 saturated carbocycles. The number of hydrogen-bond acceptors (Lipinski definition) is 6. The minimum atomic E-state index is -0.952. The second-order valence-electron chi connectivity index (χ2n) is 7.92. The molecule has 1 N–H and O–H groups in total. The highest BCUT2D eigenvalue weighted by Gasteiger charge is 2.23. The van der Waals surface area contributed by atoms with Crippen molar-refractivity contribution in [2.75, 3.05) is 19.5 Å². The Bertz CT molecular complexity index is 1410. The highest BCUT2D eigenvalue weighted by atomic mass is 19.2. The molecule has 0 spiro atoms. The lowest BCUT2D eigenvalue weighted by molar-refractivity contribution is 0.0179. The third-order valence-electron chi connectivity index (χ3n) is 5.70. The fourth-order valence-electron chi connectivity index (χ4n) is 3.78. The molecule has 0 amide bonds. The maximum atomic E-state index is 13.8. The average Bonchev–Trinajstić information content (AvgIpc) is 2.88. The Morgan fingerprint density at radius 1 is 0.771 bits per heavy atom. The lowest BCUT2D eigenvalue weighted by Gasteiger charge is -2.25. The molecular formula is C27H23F2NO5. The van der Waals surface area contributed by atoms with Gasteiger partial charge in [0, 0.05) is 5.69 Å². The van der Waals surface area contributed by atoms with Crippen LogP contribution < -0.4 is 25.6 Å². The molecule has 0 aliphatic carbocycles. The van der Waals surface area contributed by atoms with Crippen molar-refractivity contribution in [3.63, 3.8) is 0 Å². The molecule has 35 heavy (non-hydrogen) atoms. The Kier molecular flexibility index (Phi) is 6.93. The molecule has 0 fully saturated rings. The second-order valence-corrected chi connectivity index (χ2v) is 7.92. The standard InChI is InChI=1S/C27H23F2NO5/c1-15(17-9-12-21(28)22(29)14-17)35-26(16-7-10-20(33-2)11-8-16)18-5-4-6-19(13-18)30-23-24(31)25(32)27(23)34-3/h4-15,26,30H,1-3H3. The summed E-state index contributed by atoms with van der Waals surface area (Å²) in [5.41, 5.74) is 1.32. The van der Waals surface area contributed by atoms with Gasteiger partial charge in [-0.25, -0.2) is 8.78 Å². The fourth-order valence-corrected chi connectivity index (χ4v) is 3.78. The Hall–Kier alpha value is -4.04. The molecule has 0 saturated heterocycles. The van der Waals surface area contributed by atoms with E-state index in [0.717, 1.165) is 23.3 Å². The van der Waals surface area contributed by atoms with Crippen molar-refractivity contribution in [1.29, 1.82) is 0 Å². The van der Waals surface area contributed by atoms with Gasteiger partial charge < -0.3 is 19.5 Å². The largest absolute Gasteiger partial charge is 0.497 e. The zero-order chi connectivity index (χ0) is 25.1. The van der Waals surface area contributed by atoms with Crippen LogP contribution >= 0.6 is 0 Å². The van der Waals surface area contributed by atoms with E-state index in [4.69, 9.17) is 14.2 Å². The van der Waals surface area contributed by atoms with Gasteiger partial charge in [0.05, 0.1) is 20.3 Å². The summed E-state index contributed by atoms with van der Waals surface area (Å²) in [5, 5.41) is 2.94. The van der Waals surface area contributed by atoms with Gasteiger partial charge in [-0.1, -0.05) is 30.3 Å². The van der Waals surface area contributed by atoms with E-state index >= 15 is 0 Å². The first-order valence-corrected chi connectivity index (χ1v) is 10.8. The van der Waals surface area contributed by atoms with Crippen LogP contribution in [-0.4, -0.2) is 14.2 Å². The van der Waals surface area contributed by atoms with Crippen LogP contribution in [-0.2, 0) is 4.74 Å². The van der Waals surface area contributed by atoms with Gasteiger partial charge >= 0.3 is 0 Å². The number of hydrogen-bond donors (Lipinski definition) is 1. The highest BCUT2D eigenvalue weighted by Crippen LogP contribution is 2.35. The van der Waals surface area contributed by atoms with Crippen LogP contribution in [0.1, 0.15) is 35.8 Å². The van der Waals surface area contributed by atoms with E-state index in [1.165, 1.54) is 13.2 Å². The number of methoxy groups -OCH3 is 2. The van der Waals surface area contributed by atoms with E-state index in [1.807, 2.05) is 18.2 Å². The van der Waals surface area contributed by atoms with Crippen molar-refractivity contribution < 1.29 is 23.0 Å². The summed E-state index contributed by atoms with van der Waals surface area (Å²) in [7, 11) is 2.89. The zero-order valence-corrected chi connectivity index (χ0v) is 19.3. The minimum Gasteiger partial charge on any atom is -0.497 e. The van der Waals surface area contributed by atoms with Gasteiger partial charge in [-0.15, -0.1) is 0 Å². The molecule has 0 aliphatic heterocycles. The van der Waals surface area contributed by atoms with Crippen LogP contribution in [0.2, 0.25) is 0 Å². The summed E-state index contributed by atoms with van der Waals surface area (Å²) in [5.74, 6) is -1.23. The first kappa shape index (κ1) is 24.1. The topological polar surface area (TPSA) is 73.9 Å². The molecule has 6 nitrogen and oxygen atoms in total. The molecule has 0 aliphatic rings. The van der Waals surface area contributed by atoms with Gasteiger partial charge in [-0.05, 0) is 60.0 Å². The molecule has 0 heterocycles. The molecular weight excluding hydrogens is 456 g/mol. The molecule has 0 radical (unpaired) electrons. The number of benzene rings is 3. The van der Waals surface area contributed by atoms with Gasteiger partial charge in [0.1, 0.15) is 17.5 Å². The molecule has 2 atom stereocenters. The van der Waals surface area contributed by atoms with Crippen molar-refractivity contribution in [2.24, 2.45) is 0 Å². The fraction of sp³-hybridized carbons (Fsp3) is 0.185. The normalized spacial score (nSPS) is 12.8. The van der Waals surface area contributed by atoms with Crippen molar-refractivity contribution in [3.05, 3.63) is 116 Å². The van der Waals surface area contributed by atoms with E-state index in [9.17, 15) is 18.4 Å². The van der Waals surface area contributed by atoms with Gasteiger partial charge in [0.2, 0.25) is 0 Å². The number of nitrogens with one attached hydrogen (secondary N) is 1. The maximum absolute atomic E-state index is 13.8. The quantitative estimate of drug-likeness (QED) is 0.333. The number of ether oxygens (including phenoxy) is 3. The lowest BCUT2D eigenvalue weighted by atomic mass is 9.99. The van der Waals surface area contributed by atoms with E-state index in [0.29, 0.717) is 17.0 Å². The van der Waals surface area contributed by atoms with Crippen LogP contribution in [0.3, 0.4) is 0 Å². The maximum Gasteiger partial charge on any atom is 0.272 e. The molecule has 0 aromatic heterocycles. The number of halogens is 2. The van der Waals surface area contributed by atoms with E-state index in [1.54, 1.807) is 44.4 Å². The Balaban J connectivity index is 1.68. The van der Waals surface area contributed by atoms with E-state index in [-0.39, 0.29) is 11.4 Å². The summed E-state index contributed by atoms with van der Waals surface area (Å²) in [6.07, 6.45) is -1.18. The van der Waals surface area contributed by atoms with Gasteiger partial charge in [-0.3, -0.25) is 9.59 Å². The lowest BCUT2D eigenvalue weighted by Crippen LogP contribution is -2.34. The average molecular weight is 479 g/mol. The SMILES string of the molecule is COc1ccc(C(OC(C)c2ccc(F)c(F)c2)c2cccc(Nc3c(OC)c(=O)c3=O)c2)cc1. The number of anilines is 2.